The van der Waals surface area contributed by atoms with Gasteiger partial charge >= 0.3 is 5.97 Å². The smallest absolute Gasteiger partial charge is 0.307 e. The van der Waals surface area contributed by atoms with Crippen LogP contribution in [-0.2, 0) is 20.8 Å². The summed E-state index contributed by atoms with van der Waals surface area (Å²) < 4.78 is 12.0. The van der Waals surface area contributed by atoms with Crippen molar-refractivity contribution >= 4 is 5.97 Å². The fourth-order valence-corrected chi connectivity index (χ4v) is 1.89. The van der Waals surface area contributed by atoms with E-state index in [-0.39, 0.29) is 24.1 Å². The Balaban J connectivity index is 1.71. The minimum absolute atomic E-state index is 0.0494. The molecule has 1 aliphatic heterocycles. The minimum atomic E-state index is -0.291. The Morgan fingerprint density at radius 3 is 3.11 bits per heavy atom. The molecule has 0 bridgehead atoms. The first-order valence-corrected chi connectivity index (χ1v) is 6.18. The second kappa shape index (κ2) is 6.35. The lowest BCUT2D eigenvalue weighted by Gasteiger charge is -2.10. The number of esters is 1. The molecule has 0 N–H and O–H groups in total. The number of ether oxygens (including phenoxy) is 2. The van der Waals surface area contributed by atoms with Crippen LogP contribution in [0.3, 0.4) is 0 Å². The number of aryl methyl sites for hydroxylation is 1. The monoisotopic (exact) mass is 251 g/mol. The molecule has 0 aliphatic carbocycles. The van der Waals surface area contributed by atoms with Crippen molar-refractivity contribution in [3.05, 3.63) is 34.7 Å². The SMILES string of the molecule is O=C(CCn1ccccc1=O)OCC1CCCO1. The fraction of sp³-hybridized carbons (Fsp3) is 0.538. The molecular weight excluding hydrogens is 234 g/mol. The molecule has 1 fully saturated rings. The number of pyridine rings is 1. The summed E-state index contributed by atoms with van der Waals surface area (Å²) >= 11 is 0. The van der Waals surface area contributed by atoms with Crippen LogP contribution in [0.5, 0.6) is 0 Å². The molecule has 2 heterocycles. The Kier molecular flexibility index (Phi) is 4.52. The van der Waals surface area contributed by atoms with E-state index in [1.165, 1.54) is 10.6 Å². The number of nitrogens with zero attached hydrogens (tertiary/aromatic N) is 1. The molecule has 1 unspecified atom stereocenters. The van der Waals surface area contributed by atoms with E-state index >= 15 is 0 Å². The molecule has 1 aromatic heterocycles. The molecule has 5 heteroatoms. The van der Waals surface area contributed by atoms with Gasteiger partial charge in [0.25, 0.3) is 5.56 Å². The van der Waals surface area contributed by atoms with Gasteiger partial charge in [0, 0.05) is 25.4 Å². The van der Waals surface area contributed by atoms with E-state index in [4.69, 9.17) is 9.47 Å². The van der Waals surface area contributed by atoms with Crippen LogP contribution in [0.25, 0.3) is 0 Å². The molecule has 0 spiro atoms. The first-order valence-electron chi connectivity index (χ1n) is 6.18. The van der Waals surface area contributed by atoms with Gasteiger partial charge in [-0.15, -0.1) is 0 Å². The molecule has 0 radical (unpaired) electrons. The van der Waals surface area contributed by atoms with Crippen LogP contribution >= 0.6 is 0 Å². The maximum Gasteiger partial charge on any atom is 0.307 e. The summed E-state index contributed by atoms with van der Waals surface area (Å²) in [5.74, 6) is -0.291. The lowest BCUT2D eigenvalue weighted by atomic mass is 10.2. The highest BCUT2D eigenvalue weighted by atomic mass is 16.6. The summed E-state index contributed by atoms with van der Waals surface area (Å²) in [6.07, 6.45) is 3.90. The minimum Gasteiger partial charge on any atom is -0.463 e. The fourth-order valence-electron chi connectivity index (χ4n) is 1.89. The zero-order valence-corrected chi connectivity index (χ0v) is 10.2. The molecule has 18 heavy (non-hydrogen) atoms. The molecule has 1 atom stereocenters. The van der Waals surface area contributed by atoms with Gasteiger partial charge in [-0.3, -0.25) is 9.59 Å². The van der Waals surface area contributed by atoms with Crippen LogP contribution in [0.2, 0.25) is 0 Å². The van der Waals surface area contributed by atoms with Gasteiger partial charge in [0.1, 0.15) is 6.61 Å². The summed E-state index contributed by atoms with van der Waals surface area (Å²) in [6.45, 7) is 1.42. The van der Waals surface area contributed by atoms with Gasteiger partial charge in [-0.1, -0.05) is 6.07 Å². The second-order valence-corrected chi connectivity index (χ2v) is 4.30. The molecule has 1 aliphatic rings. The van der Waals surface area contributed by atoms with Crippen molar-refractivity contribution in [1.29, 1.82) is 0 Å². The molecular formula is C13H17NO4. The van der Waals surface area contributed by atoms with Crippen molar-refractivity contribution in [2.24, 2.45) is 0 Å². The van der Waals surface area contributed by atoms with Crippen molar-refractivity contribution in [2.45, 2.75) is 31.9 Å². The van der Waals surface area contributed by atoms with Crippen LogP contribution in [0, 0.1) is 0 Å². The Hall–Kier alpha value is -1.62. The Bertz CT molecular complexity index is 448. The van der Waals surface area contributed by atoms with Crippen molar-refractivity contribution < 1.29 is 14.3 Å². The predicted molar refractivity (Wildman–Crippen MR) is 65.3 cm³/mol. The molecule has 0 saturated carbocycles. The van der Waals surface area contributed by atoms with Crippen molar-refractivity contribution in [1.82, 2.24) is 4.57 Å². The summed E-state index contributed by atoms with van der Waals surface area (Å²) in [5, 5.41) is 0. The highest BCUT2D eigenvalue weighted by molar-refractivity contribution is 5.69. The zero-order valence-electron chi connectivity index (χ0n) is 10.2. The summed E-state index contributed by atoms with van der Waals surface area (Å²) in [6, 6.07) is 4.91. The lowest BCUT2D eigenvalue weighted by Crippen LogP contribution is -2.22. The van der Waals surface area contributed by atoms with Gasteiger partial charge in [0.05, 0.1) is 12.5 Å². The van der Waals surface area contributed by atoms with Gasteiger partial charge < -0.3 is 14.0 Å². The number of aromatic nitrogens is 1. The molecule has 5 nitrogen and oxygen atoms in total. The number of rotatable bonds is 5. The maximum absolute atomic E-state index is 11.5. The number of hydrogen-bond acceptors (Lipinski definition) is 4. The van der Waals surface area contributed by atoms with E-state index in [0.717, 1.165) is 19.4 Å². The predicted octanol–water partition coefficient (Wildman–Crippen LogP) is 0.961. The van der Waals surface area contributed by atoms with E-state index in [2.05, 4.69) is 0 Å². The molecule has 0 amide bonds. The molecule has 1 aromatic rings. The molecule has 2 rings (SSSR count). The van der Waals surface area contributed by atoms with E-state index < -0.39 is 0 Å². The second-order valence-electron chi connectivity index (χ2n) is 4.30. The van der Waals surface area contributed by atoms with E-state index in [1.54, 1.807) is 18.3 Å². The standard InChI is InChI=1S/C13H17NO4/c15-12-5-1-2-7-14(12)8-6-13(16)18-10-11-4-3-9-17-11/h1-2,5,7,11H,3-4,6,8-10H2. The van der Waals surface area contributed by atoms with Crippen molar-refractivity contribution in [3.8, 4) is 0 Å². The quantitative estimate of drug-likeness (QED) is 0.731. The van der Waals surface area contributed by atoms with E-state index in [9.17, 15) is 9.59 Å². The lowest BCUT2D eigenvalue weighted by molar-refractivity contribution is -0.147. The molecule has 1 saturated heterocycles. The average molecular weight is 251 g/mol. The number of carbonyl (C=O) groups excluding carboxylic acids is 1. The highest BCUT2D eigenvalue weighted by Gasteiger charge is 2.17. The van der Waals surface area contributed by atoms with Crippen molar-refractivity contribution in [3.63, 3.8) is 0 Å². The topological polar surface area (TPSA) is 57.5 Å². The molecule has 98 valence electrons. The van der Waals surface area contributed by atoms with Crippen LogP contribution in [0.1, 0.15) is 19.3 Å². The average Bonchev–Trinajstić information content (AvgIpc) is 2.88. The number of hydrogen-bond donors (Lipinski definition) is 0. The third-order valence-electron chi connectivity index (χ3n) is 2.91. The van der Waals surface area contributed by atoms with E-state index in [0.29, 0.717) is 13.2 Å². The first-order chi connectivity index (χ1) is 8.75. The Labute approximate surface area is 105 Å². The summed E-state index contributed by atoms with van der Waals surface area (Å²) in [7, 11) is 0. The van der Waals surface area contributed by atoms with Gasteiger partial charge in [-0.25, -0.2) is 0 Å². The zero-order chi connectivity index (χ0) is 12.8. The van der Waals surface area contributed by atoms with Gasteiger partial charge in [0.15, 0.2) is 0 Å². The van der Waals surface area contributed by atoms with E-state index in [1.807, 2.05) is 0 Å². The van der Waals surface area contributed by atoms with Gasteiger partial charge in [0.2, 0.25) is 0 Å². The van der Waals surface area contributed by atoms with Crippen LogP contribution in [0.4, 0.5) is 0 Å². The van der Waals surface area contributed by atoms with Crippen LogP contribution in [-0.4, -0.2) is 29.9 Å². The largest absolute Gasteiger partial charge is 0.463 e. The third kappa shape index (κ3) is 3.70. The maximum atomic E-state index is 11.5. The summed E-state index contributed by atoms with van der Waals surface area (Å²) in [4.78, 5) is 22.9. The highest BCUT2D eigenvalue weighted by Crippen LogP contribution is 2.12. The van der Waals surface area contributed by atoms with Gasteiger partial charge in [-0.2, -0.15) is 0 Å². The summed E-state index contributed by atoms with van der Waals surface area (Å²) in [5.41, 5.74) is -0.107. The van der Waals surface area contributed by atoms with Gasteiger partial charge in [-0.05, 0) is 18.9 Å². The van der Waals surface area contributed by atoms with Crippen LogP contribution in [0.15, 0.2) is 29.2 Å². The first kappa shape index (κ1) is 12.8. The Morgan fingerprint density at radius 2 is 2.39 bits per heavy atom. The van der Waals surface area contributed by atoms with Crippen molar-refractivity contribution in [2.75, 3.05) is 13.2 Å². The van der Waals surface area contributed by atoms with Crippen LogP contribution < -0.4 is 5.56 Å². The normalized spacial score (nSPS) is 18.8. The molecule has 0 aromatic carbocycles. The number of carbonyl (C=O) groups is 1. The third-order valence-corrected chi connectivity index (χ3v) is 2.91. The Morgan fingerprint density at radius 1 is 1.50 bits per heavy atom.